The molecule has 0 aliphatic carbocycles. The normalized spacial score (nSPS) is 12.1. The summed E-state index contributed by atoms with van der Waals surface area (Å²) < 4.78 is 0. The number of carboxylic acids is 1. The van der Waals surface area contributed by atoms with Gasteiger partial charge in [-0.25, -0.2) is 4.79 Å². The summed E-state index contributed by atoms with van der Waals surface area (Å²) in [5, 5.41) is 20.9. The largest absolute Gasteiger partial charge is 0.481 e. The molecule has 8 nitrogen and oxygen atoms in total. The molecule has 2 aromatic rings. The van der Waals surface area contributed by atoms with E-state index >= 15 is 0 Å². The van der Waals surface area contributed by atoms with Crippen LogP contribution >= 0.6 is 0 Å². The first-order chi connectivity index (χ1) is 21.4. The summed E-state index contributed by atoms with van der Waals surface area (Å²) in [6, 6.07) is 15.2. The van der Waals surface area contributed by atoms with Crippen LogP contribution in [0.15, 0.2) is 54.6 Å². The third kappa shape index (κ3) is 16.7. The number of terminal acetylenes is 1. The molecule has 0 saturated carbocycles. The number of carboxylic acid groups (broad SMARTS) is 1. The minimum atomic E-state index is -0.973. The van der Waals surface area contributed by atoms with Crippen molar-refractivity contribution in [2.24, 2.45) is 0 Å². The Labute approximate surface area is 264 Å². The summed E-state index contributed by atoms with van der Waals surface area (Å²) >= 11 is 0. The molecule has 3 amide bonds. The molecule has 240 valence electrons. The smallest absolute Gasteiger partial charge is 0.319 e. The predicted octanol–water partition coefficient (Wildman–Crippen LogP) is 7.26. The lowest BCUT2D eigenvalue weighted by Crippen LogP contribution is -2.45. The number of hydrogen-bond acceptors (Lipinski definition) is 4. The Morgan fingerprint density at radius 3 is 2.09 bits per heavy atom. The molecule has 2 aromatic carbocycles. The van der Waals surface area contributed by atoms with E-state index in [4.69, 9.17) is 11.5 Å². The van der Waals surface area contributed by atoms with Crippen molar-refractivity contribution in [1.29, 1.82) is 0 Å². The van der Waals surface area contributed by atoms with E-state index in [9.17, 15) is 14.4 Å². The highest BCUT2D eigenvalue weighted by Gasteiger charge is 2.17. The highest BCUT2D eigenvalue weighted by atomic mass is 16.4. The summed E-state index contributed by atoms with van der Waals surface area (Å²) in [5.41, 5.74) is 1.91. The van der Waals surface area contributed by atoms with Crippen LogP contribution in [0.1, 0.15) is 113 Å². The molecule has 2 rings (SSSR count). The van der Waals surface area contributed by atoms with Gasteiger partial charge >= 0.3 is 12.0 Å². The third-order valence-electron chi connectivity index (χ3n) is 7.61. The van der Waals surface area contributed by atoms with Gasteiger partial charge in [0.25, 0.3) is 5.91 Å². The first-order valence-corrected chi connectivity index (χ1v) is 16.3. The number of anilines is 1. The summed E-state index contributed by atoms with van der Waals surface area (Å²) in [6.45, 7) is 3.00. The van der Waals surface area contributed by atoms with E-state index in [-0.39, 0.29) is 24.4 Å². The van der Waals surface area contributed by atoms with Crippen molar-refractivity contribution in [2.75, 3.05) is 11.9 Å². The number of aliphatic carboxylic acids is 1. The number of unbranched alkanes of at least 4 members (excludes halogenated alkanes) is 11. The monoisotopic (exact) mass is 604 g/mol. The van der Waals surface area contributed by atoms with E-state index in [1.54, 1.807) is 24.3 Å². The van der Waals surface area contributed by atoms with Gasteiger partial charge < -0.3 is 26.4 Å². The summed E-state index contributed by atoms with van der Waals surface area (Å²) in [4.78, 5) is 36.8. The molecule has 0 heterocycles. The third-order valence-corrected chi connectivity index (χ3v) is 7.61. The molecule has 8 heteroatoms. The fourth-order valence-corrected chi connectivity index (χ4v) is 5.07. The van der Waals surface area contributed by atoms with Crippen LogP contribution < -0.4 is 21.3 Å². The second kappa shape index (κ2) is 22.7. The van der Waals surface area contributed by atoms with Crippen molar-refractivity contribution in [1.82, 2.24) is 16.0 Å². The SMILES string of the molecule is C#C[C@H](CC(=O)O)NCC(CCCCCCCCCCCCCC)NC(=O)c1cccc(NC(=O)NCc2ccccc2)c1. The van der Waals surface area contributed by atoms with Gasteiger partial charge in [-0.2, -0.15) is 0 Å². The second-order valence-corrected chi connectivity index (χ2v) is 11.4. The zero-order valence-electron chi connectivity index (χ0n) is 26.4. The van der Waals surface area contributed by atoms with Crippen LogP contribution in [0.25, 0.3) is 0 Å². The number of nitrogens with one attached hydrogen (secondary N) is 4. The average molecular weight is 605 g/mol. The summed E-state index contributed by atoms with van der Waals surface area (Å²) in [6.07, 6.45) is 21.1. The highest BCUT2D eigenvalue weighted by Crippen LogP contribution is 2.15. The van der Waals surface area contributed by atoms with Gasteiger partial charge in [0.05, 0.1) is 12.5 Å². The number of carbonyl (C=O) groups is 3. The molecule has 1 unspecified atom stereocenters. The lowest BCUT2D eigenvalue weighted by Gasteiger charge is -2.21. The minimum absolute atomic E-state index is 0.185. The Bertz CT molecular complexity index is 1150. The second-order valence-electron chi connectivity index (χ2n) is 11.4. The quantitative estimate of drug-likeness (QED) is 0.0675. The van der Waals surface area contributed by atoms with Crippen LogP contribution in [0.3, 0.4) is 0 Å². The molecular formula is C36H52N4O4. The fraction of sp³-hybridized carbons (Fsp3) is 0.528. The fourth-order valence-electron chi connectivity index (χ4n) is 5.07. The number of benzene rings is 2. The number of rotatable bonds is 23. The first-order valence-electron chi connectivity index (χ1n) is 16.3. The van der Waals surface area contributed by atoms with E-state index in [0.29, 0.717) is 24.3 Å². The van der Waals surface area contributed by atoms with Gasteiger partial charge in [0.15, 0.2) is 0 Å². The van der Waals surface area contributed by atoms with Gasteiger partial charge in [0.2, 0.25) is 0 Å². The maximum atomic E-state index is 13.2. The molecular weight excluding hydrogens is 552 g/mol. The molecule has 0 saturated heterocycles. The number of urea groups is 1. The van der Waals surface area contributed by atoms with Crippen molar-refractivity contribution in [3.05, 3.63) is 65.7 Å². The number of amides is 3. The molecule has 0 aromatic heterocycles. The van der Waals surface area contributed by atoms with E-state index < -0.39 is 12.0 Å². The van der Waals surface area contributed by atoms with Gasteiger partial charge in [-0.3, -0.25) is 9.59 Å². The van der Waals surface area contributed by atoms with Gasteiger partial charge in [-0.15, -0.1) is 6.42 Å². The Balaban J connectivity index is 1.83. The zero-order chi connectivity index (χ0) is 31.8. The van der Waals surface area contributed by atoms with Crippen LogP contribution in [0.2, 0.25) is 0 Å². The Morgan fingerprint density at radius 2 is 1.48 bits per heavy atom. The Hall–Kier alpha value is -3.83. The van der Waals surface area contributed by atoms with Crippen LogP contribution in [0.4, 0.5) is 10.5 Å². The molecule has 2 atom stereocenters. The molecule has 0 spiro atoms. The van der Waals surface area contributed by atoms with Crippen LogP contribution in [0.5, 0.6) is 0 Å². The Kier molecular flexibility index (Phi) is 18.7. The molecule has 0 aliphatic rings. The van der Waals surface area contributed by atoms with Gasteiger partial charge in [-0.1, -0.05) is 126 Å². The van der Waals surface area contributed by atoms with E-state index in [2.05, 4.69) is 34.1 Å². The minimum Gasteiger partial charge on any atom is -0.481 e. The van der Waals surface area contributed by atoms with Crippen molar-refractivity contribution in [3.63, 3.8) is 0 Å². The molecule has 0 fully saturated rings. The summed E-state index contributed by atoms with van der Waals surface area (Å²) in [7, 11) is 0. The summed E-state index contributed by atoms with van der Waals surface area (Å²) in [5.74, 6) is 1.25. The maximum Gasteiger partial charge on any atom is 0.319 e. The topological polar surface area (TPSA) is 120 Å². The van der Waals surface area contributed by atoms with Crippen LogP contribution in [0, 0.1) is 12.3 Å². The molecule has 44 heavy (non-hydrogen) atoms. The van der Waals surface area contributed by atoms with Crippen molar-refractivity contribution >= 4 is 23.6 Å². The number of hydrogen-bond donors (Lipinski definition) is 5. The maximum absolute atomic E-state index is 13.2. The van der Waals surface area contributed by atoms with Crippen LogP contribution in [-0.4, -0.2) is 41.6 Å². The van der Waals surface area contributed by atoms with Crippen molar-refractivity contribution in [3.8, 4) is 12.3 Å². The highest BCUT2D eigenvalue weighted by molar-refractivity contribution is 5.97. The standard InChI is InChI=1S/C36H52N4O4/c1-3-5-6-7-8-9-10-11-12-13-14-18-23-33(28-37-31(4-2)26-34(41)42)39-35(43)30-22-19-24-32(25-30)40-36(44)38-27-29-20-16-15-17-21-29/h2,15-17,19-22,24-25,31,33,37H,3,5-14,18,23,26-28H2,1H3,(H,39,43)(H,41,42)(H2,38,40,44)/t31-,33?/m1/s1. The molecule has 0 bridgehead atoms. The van der Waals surface area contributed by atoms with Crippen LogP contribution in [-0.2, 0) is 11.3 Å². The molecule has 5 N–H and O–H groups in total. The first kappa shape index (κ1) is 36.4. The predicted molar refractivity (Wildman–Crippen MR) is 179 cm³/mol. The molecule has 0 aliphatic heterocycles. The van der Waals surface area contributed by atoms with Gasteiger partial charge in [0.1, 0.15) is 0 Å². The lowest BCUT2D eigenvalue weighted by atomic mass is 10.0. The van der Waals surface area contributed by atoms with E-state index in [0.717, 1.165) is 31.2 Å². The van der Waals surface area contributed by atoms with E-state index in [1.807, 2.05) is 30.3 Å². The molecule has 0 radical (unpaired) electrons. The van der Waals surface area contributed by atoms with E-state index in [1.165, 1.54) is 57.8 Å². The van der Waals surface area contributed by atoms with Crippen molar-refractivity contribution in [2.45, 2.75) is 115 Å². The number of carbonyl (C=O) groups excluding carboxylic acids is 2. The average Bonchev–Trinajstić information content (AvgIpc) is 3.02. The van der Waals surface area contributed by atoms with Crippen molar-refractivity contribution < 1.29 is 19.5 Å². The zero-order valence-corrected chi connectivity index (χ0v) is 26.4. The lowest BCUT2D eigenvalue weighted by molar-refractivity contribution is -0.137. The van der Waals surface area contributed by atoms with Gasteiger partial charge in [-0.05, 0) is 30.2 Å². The Morgan fingerprint density at radius 1 is 0.841 bits per heavy atom. The van der Waals surface area contributed by atoms with Gasteiger partial charge in [0, 0.05) is 30.4 Å².